The van der Waals surface area contributed by atoms with Gasteiger partial charge >= 0.3 is 0 Å². The molecule has 3 aromatic rings. The van der Waals surface area contributed by atoms with Crippen LogP contribution in [-0.2, 0) is 13.0 Å². The van der Waals surface area contributed by atoms with Gasteiger partial charge < -0.3 is 5.32 Å². The van der Waals surface area contributed by atoms with Gasteiger partial charge in [-0.1, -0.05) is 19.1 Å². The van der Waals surface area contributed by atoms with E-state index in [-0.39, 0.29) is 5.82 Å². The van der Waals surface area contributed by atoms with Gasteiger partial charge in [-0.3, -0.25) is 4.90 Å². The molecule has 0 aliphatic carbocycles. The molecule has 0 radical (unpaired) electrons. The standard InChI is InChI=1S/C20H24FN5/c1-2-17-12-20(26-19(23-17)9-10-22-26)24-18-4-3-11-25(14-18)13-15-5-7-16(21)8-6-15/h5-10,12,18,24H,2-4,11,13-14H2,1H3. The summed E-state index contributed by atoms with van der Waals surface area (Å²) >= 11 is 0. The van der Waals surface area contributed by atoms with E-state index in [1.54, 1.807) is 6.20 Å². The first-order valence-electron chi connectivity index (χ1n) is 9.28. The van der Waals surface area contributed by atoms with Crippen LogP contribution in [0.2, 0.25) is 0 Å². The number of aromatic nitrogens is 3. The lowest BCUT2D eigenvalue weighted by Crippen LogP contribution is -2.42. The average molecular weight is 353 g/mol. The third-order valence-electron chi connectivity index (χ3n) is 4.95. The first-order chi connectivity index (χ1) is 12.7. The van der Waals surface area contributed by atoms with Crippen LogP contribution in [0.1, 0.15) is 31.0 Å². The first-order valence-corrected chi connectivity index (χ1v) is 9.28. The zero-order valence-corrected chi connectivity index (χ0v) is 15.0. The Balaban J connectivity index is 1.46. The lowest BCUT2D eigenvalue weighted by Gasteiger charge is -2.33. The molecule has 1 unspecified atom stereocenters. The summed E-state index contributed by atoms with van der Waals surface area (Å²) in [6.07, 6.45) is 4.96. The molecule has 6 heteroatoms. The van der Waals surface area contributed by atoms with Crippen LogP contribution in [0.15, 0.2) is 42.6 Å². The number of fused-ring (bicyclic) bond motifs is 1. The number of rotatable bonds is 5. The maximum atomic E-state index is 13.1. The third-order valence-corrected chi connectivity index (χ3v) is 4.95. The number of hydrogen-bond acceptors (Lipinski definition) is 4. The van der Waals surface area contributed by atoms with Gasteiger partial charge in [0, 0.05) is 37.0 Å². The number of halogens is 1. The van der Waals surface area contributed by atoms with Crippen molar-refractivity contribution in [3.63, 3.8) is 0 Å². The van der Waals surface area contributed by atoms with Crippen molar-refractivity contribution in [2.24, 2.45) is 0 Å². The zero-order chi connectivity index (χ0) is 17.9. The van der Waals surface area contributed by atoms with Crippen LogP contribution in [0.5, 0.6) is 0 Å². The predicted octanol–water partition coefficient (Wildman–Crippen LogP) is 3.51. The summed E-state index contributed by atoms with van der Waals surface area (Å²) in [6.45, 7) is 5.00. The minimum absolute atomic E-state index is 0.181. The number of anilines is 1. The molecule has 0 amide bonds. The van der Waals surface area contributed by atoms with Crippen LogP contribution < -0.4 is 5.32 Å². The molecule has 1 atom stereocenters. The van der Waals surface area contributed by atoms with Gasteiger partial charge in [0.15, 0.2) is 5.65 Å². The van der Waals surface area contributed by atoms with Gasteiger partial charge in [-0.25, -0.2) is 9.37 Å². The molecule has 26 heavy (non-hydrogen) atoms. The van der Waals surface area contributed by atoms with Crippen molar-refractivity contribution in [1.82, 2.24) is 19.5 Å². The largest absolute Gasteiger partial charge is 0.366 e. The number of nitrogens with zero attached hydrogens (tertiary/aromatic N) is 4. The molecule has 1 aliphatic heterocycles. The summed E-state index contributed by atoms with van der Waals surface area (Å²) in [6, 6.07) is 11.2. The molecule has 0 bridgehead atoms. The maximum absolute atomic E-state index is 13.1. The van der Waals surface area contributed by atoms with Crippen molar-refractivity contribution in [3.8, 4) is 0 Å². The van der Waals surface area contributed by atoms with E-state index in [2.05, 4.69) is 33.3 Å². The molecule has 5 nitrogen and oxygen atoms in total. The molecule has 1 fully saturated rings. The van der Waals surface area contributed by atoms with Gasteiger partial charge in [-0.2, -0.15) is 9.61 Å². The van der Waals surface area contributed by atoms with Gasteiger partial charge in [0.05, 0.1) is 6.20 Å². The highest BCUT2D eigenvalue weighted by Gasteiger charge is 2.21. The van der Waals surface area contributed by atoms with E-state index in [1.807, 2.05) is 22.7 Å². The molecule has 2 aromatic heterocycles. The van der Waals surface area contributed by atoms with Crippen LogP contribution in [0, 0.1) is 5.82 Å². The van der Waals surface area contributed by atoms with Crippen molar-refractivity contribution < 1.29 is 4.39 Å². The minimum Gasteiger partial charge on any atom is -0.366 e. The van der Waals surface area contributed by atoms with Crippen molar-refractivity contribution in [3.05, 3.63) is 59.7 Å². The lowest BCUT2D eigenvalue weighted by atomic mass is 10.0. The fraction of sp³-hybridized carbons (Fsp3) is 0.400. The Kier molecular flexibility index (Phi) is 4.84. The molecule has 1 aliphatic rings. The van der Waals surface area contributed by atoms with Crippen molar-refractivity contribution in [2.75, 3.05) is 18.4 Å². The zero-order valence-electron chi connectivity index (χ0n) is 15.0. The Hall–Kier alpha value is -2.47. The quantitative estimate of drug-likeness (QED) is 0.762. The van der Waals surface area contributed by atoms with Crippen LogP contribution in [0.25, 0.3) is 5.65 Å². The van der Waals surface area contributed by atoms with Gasteiger partial charge in [0.25, 0.3) is 0 Å². The number of nitrogens with one attached hydrogen (secondary N) is 1. The smallest absolute Gasteiger partial charge is 0.157 e. The number of aryl methyl sites for hydroxylation is 1. The summed E-state index contributed by atoms with van der Waals surface area (Å²) in [4.78, 5) is 7.03. The van der Waals surface area contributed by atoms with E-state index in [1.165, 1.54) is 12.1 Å². The summed E-state index contributed by atoms with van der Waals surface area (Å²) in [5, 5.41) is 8.07. The Morgan fingerprint density at radius 1 is 1.23 bits per heavy atom. The molecule has 136 valence electrons. The molecule has 0 saturated carbocycles. The first kappa shape index (κ1) is 17.0. The van der Waals surface area contributed by atoms with Crippen molar-refractivity contribution in [2.45, 2.75) is 38.8 Å². The topological polar surface area (TPSA) is 45.5 Å². The second kappa shape index (κ2) is 7.41. The van der Waals surface area contributed by atoms with Crippen molar-refractivity contribution >= 4 is 11.5 Å². The van der Waals surface area contributed by atoms with Crippen LogP contribution in [0.3, 0.4) is 0 Å². The Morgan fingerprint density at radius 3 is 2.88 bits per heavy atom. The monoisotopic (exact) mass is 353 g/mol. The Morgan fingerprint density at radius 2 is 2.08 bits per heavy atom. The third kappa shape index (κ3) is 3.70. The maximum Gasteiger partial charge on any atom is 0.157 e. The van der Waals surface area contributed by atoms with E-state index < -0.39 is 0 Å². The van der Waals surface area contributed by atoms with E-state index in [0.717, 1.165) is 61.6 Å². The van der Waals surface area contributed by atoms with Gasteiger partial charge in [-0.05, 0) is 43.5 Å². The predicted molar refractivity (Wildman–Crippen MR) is 101 cm³/mol. The minimum atomic E-state index is -0.181. The fourth-order valence-electron chi connectivity index (χ4n) is 3.62. The van der Waals surface area contributed by atoms with Crippen LogP contribution in [-0.4, -0.2) is 38.6 Å². The summed E-state index contributed by atoms with van der Waals surface area (Å²) in [5.74, 6) is 0.824. The SMILES string of the molecule is CCc1cc(NC2CCCN(Cc3ccc(F)cc3)C2)n2nccc2n1. The molecule has 1 aromatic carbocycles. The normalized spacial score (nSPS) is 18.3. The van der Waals surface area contributed by atoms with E-state index in [4.69, 9.17) is 0 Å². The number of likely N-dealkylation sites (tertiary alicyclic amines) is 1. The molecule has 4 rings (SSSR count). The van der Waals surface area contributed by atoms with E-state index in [9.17, 15) is 4.39 Å². The molecule has 3 heterocycles. The number of hydrogen-bond donors (Lipinski definition) is 1. The number of piperidine rings is 1. The molecule has 1 saturated heterocycles. The van der Waals surface area contributed by atoms with Crippen LogP contribution >= 0.6 is 0 Å². The van der Waals surface area contributed by atoms with E-state index >= 15 is 0 Å². The van der Waals surface area contributed by atoms with E-state index in [0.29, 0.717) is 6.04 Å². The molecular formula is C20H24FN5. The van der Waals surface area contributed by atoms with Gasteiger partial charge in [-0.15, -0.1) is 0 Å². The highest BCUT2D eigenvalue weighted by Crippen LogP contribution is 2.19. The average Bonchev–Trinajstić information content (AvgIpc) is 3.13. The summed E-state index contributed by atoms with van der Waals surface area (Å²) in [7, 11) is 0. The molecule has 0 spiro atoms. The Bertz CT molecular complexity index is 874. The van der Waals surface area contributed by atoms with Crippen molar-refractivity contribution in [1.29, 1.82) is 0 Å². The van der Waals surface area contributed by atoms with Gasteiger partial charge in [0.2, 0.25) is 0 Å². The highest BCUT2D eigenvalue weighted by atomic mass is 19.1. The van der Waals surface area contributed by atoms with Gasteiger partial charge in [0.1, 0.15) is 11.6 Å². The molecule has 1 N–H and O–H groups in total. The Labute approximate surface area is 152 Å². The summed E-state index contributed by atoms with van der Waals surface area (Å²) in [5.41, 5.74) is 3.10. The highest BCUT2D eigenvalue weighted by molar-refractivity contribution is 5.49. The summed E-state index contributed by atoms with van der Waals surface area (Å²) < 4.78 is 15.0. The number of benzene rings is 1. The second-order valence-corrected chi connectivity index (χ2v) is 6.93. The fourth-order valence-corrected chi connectivity index (χ4v) is 3.62. The van der Waals surface area contributed by atoms with Crippen LogP contribution in [0.4, 0.5) is 10.2 Å². The second-order valence-electron chi connectivity index (χ2n) is 6.93. The lowest BCUT2D eigenvalue weighted by molar-refractivity contribution is 0.208. The molecular weight excluding hydrogens is 329 g/mol.